The number of aryl methyl sites for hydroxylation is 2. The maximum absolute atomic E-state index is 12.7. The molecule has 0 radical (unpaired) electrons. The number of hydrogen-bond acceptors (Lipinski definition) is 4. The van der Waals surface area contributed by atoms with Crippen molar-refractivity contribution in [2.24, 2.45) is 0 Å². The molecule has 7 heteroatoms. The lowest BCUT2D eigenvalue weighted by atomic mass is 10.1. The van der Waals surface area contributed by atoms with Crippen LogP contribution in [0.4, 0.5) is 0 Å². The van der Waals surface area contributed by atoms with Crippen molar-refractivity contribution in [3.8, 4) is 11.5 Å². The van der Waals surface area contributed by atoms with Gasteiger partial charge >= 0.3 is 0 Å². The second kappa shape index (κ2) is 7.34. The molecule has 0 saturated carbocycles. The number of H-pyrrole nitrogens is 1. The summed E-state index contributed by atoms with van der Waals surface area (Å²) in [5.41, 5.74) is 3.97. The molecule has 1 aromatic carbocycles. The predicted molar refractivity (Wildman–Crippen MR) is 104 cm³/mol. The molecule has 28 heavy (non-hydrogen) atoms. The number of aromatic nitrogens is 2. The van der Waals surface area contributed by atoms with Crippen molar-refractivity contribution >= 4 is 11.8 Å². The summed E-state index contributed by atoms with van der Waals surface area (Å²) in [5.74, 6) is 0.498. The van der Waals surface area contributed by atoms with Crippen molar-refractivity contribution in [1.29, 1.82) is 0 Å². The minimum absolute atomic E-state index is 0.00933. The van der Waals surface area contributed by atoms with Gasteiger partial charge in [-0.25, -0.2) is 0 Å². The number of carbonyl (C=O) groups is 2. The van der Waals surface area contributed by atoms with Crippen LogP contribution in [0.2, 0.25) is 0 Å². The summed E-state index contributed by atoms with van der Waals surface area (Å²) in [6.07, 6.45) is 1.57. The van der Waals surface area contributed by atoms with E-state index in [1.807, 2.05) is 32.0 Å². The number of aromatic amines is 1. The normalized spacial score (nSPS) is 14.4. The summed E-state index contributed by atoms with van der Waals surface area (Å²) in [6.45, 7) is 6.01. The standard InChI is InChI=1S/C21H22N4O3/c1-14-5-6-16(12-15(14)2)20(26)24-7-9-25(10-8-24)21(27)18-13-17(22-23-18)19-4-3-11-28-19/h3-6,11-13H,7-10H2,1-2H3,(H,22,23). The molecular formula is C21H22N4O3. The van der Waals surface area contributed by atoms with Crippen molar-refractivity contribution in [1.82, 2.24) is 20.0 Å². The van der Waals surface area contributed by atoms with E-state index < -0.39 is 0 Å². The maximum Gasteiger partial charge on any atom is 0.274 e. The van der Waals surface area contributed by atoms with Gasteiger partial charge < -0.3 is 14.2 Å². The van der Waals surface area contributed by atoms with Crippen molar-refractivity contribution in [2.45, 2.75) is 13.8 Å². The van der Waals surface area contributed by atoms with E-state index >= 15 is 0 Å². The smallest absolute Gasteiger partial charge is 0.274 e. The summed E-state index contributed by atoms with van der Waals surface area (Å²) < 4.78 is 5.32. The molecule has 1 aliphatic heterocycles. The van der Waals surface area contributed by atoms with E-state index in [-0.39, 0.29) is 11.8 Å². The van der Waals surface area contributed by atoms with Crippen LogP contribution in [0, 0.1) is 13.8 Å². The monoisotopic (exact) mass is 378 g/mol. The highest BCUT2D eigenvalue weighted by atomic mass is 16.3. The van der Waals surface area contributed by atoms with Gasteiger partial charge in [0.1, 0.15) is 5.69 Å². The lowest BCUT2D eigenvalue weighted by Crippen LogP contribution is -2.50. The Hall–Kier alpha value is -3.35. The van der Waals surface area contributed by atoms with Crippen LogP contribution in [0.15, 0.2) is 47.1 Å². The van der Waals surface area contributed by atoms with Crippen LogP contribution in [0.1, 0.15) is 32.0 Å². The number of rotatable bonds is 3. The Kier molecular flexibility index (Phi) is 4.73. The fourth-order valence-electron chi connectivity index (χ4n) is 3.32. The Labute approximate surface area is 162 Å². The summed E-state index contributed by atoms with van der Waals surface area (Å²) >= 11 is 0. The molecule has 4 rings (SSSR count). The van der Waals surface area contributed by atoms with Gasteiger partial charge in [0, 0.05) is 37.8 Å². The van der Waals surface area contributed by atoms with Gasteiger partial charge in [-0.1, -0.05) is 6.07 Å². The first-order chi connectivity index (χ1) is 13.5. The molecular weight excluding hydrogens is 356 g/mol. The Balaban J connectivity index is 1.39. The number of benzene rings is 1. The van der Waals surface area contributed by atoms with Gasteiger partial charge in [-0.15, -0.1) is 0 Å². The molecule has 3 heterocycles. The molecule has 2 aromatic heterocycles. The molecule has 1 N–H and O–H groups in total. The Morgan fingerprint density at radius 2 is 1.68 bits per heavy atom. The Morgan fingerprint density at radius 3 is 2.32 bits per heavy atom. The first kappa shape index (κ1) is 18.0. The third kappa shape index (κ3) is 3.43. The highest BCUT2D eigenvalue weighted by Crippen LogP contribution is 2.19. The zero-order chi connectivity index (χ0) is 19.7. The van der Waals surface area contributed by atoms with Crippen LogP contribution in [0.5, 0.6) is 0 Å². The van der Waals surface area contributed by atoms with Crippen LogP contribution >= 0.6 is 0 Å². The predicted octanol–water partition coefficient (Wildman–Crippen LogP) is 2.88. The van der Waals surface area contributed by atoms with Crippen LogP contribution in [0.25, 0.3) is 11.5 Å². The number of piperazine rings is 1. The molecule has 3 aromatic rings. The zero-order valence-corrected chi connectivity index (χ0v) is 15.9. The summed E-state index contributed by atoms with van der Waals surface area (Å²) in [4.78, 5) is 29.0. The SMILES string of the molecule is Cc1ccc(C(=O)N2CCN(C(=O)c3cc(-c4ccco4)[nH]n3)CC2)cc1C. The van der Waals surface area contributed by atoms with E-state index in [0.29, 0.717) is 48.9 Å². The van der Waals surface area contributed by atoms with Crippen LogP contribution in [-0.4, -0.2) is 58.0 Å². The van der Waals surface area contributed by atoms with Gasteiger partial charge in [0.25, 0.3) is 11.8 Å². The Bertz CT molecular complexity index is 999. The van der Waals surface area contributed by atoms with Crippen molar-refractivity contribution in [3.63, 3.8) is 0 Å². The average molecular weight is 378 g/mol. The molecule has 1 aliphatic rings. The lowest BCUT2D eigenvalue weighted by Gasteiger charge is -2.34. The maximum atomic E-state index is 12.7. The third-order valence-electron chi connectivity index (χ3n) is 5.19. The second-order valence-corrected chi connectivity index (χ2v) is 7.03. The van der Waals surface area contributed by atoms with E-state index in [2.05, 4.69) is 10.2 Å². The molecule has 0 aliphatic carbocycles. The topological polar surface area (TPSA) is 82.4 Å². The second-order valence-electron chi connectivity index (χ2n) is 7.03. The summed E-state index contributed by atoms with van der Waals surface area (Å²) in [5, 5.41) is 6.94. The number of hydrogen-bond donors (Lipinski definition) is 1. The van der Waals surface area contributed by atoms with E-state index in [1.165, 1.54) is 5.56 Å². The molecule has 7 nitrogen and oxygen atoms in total. The molecule has 0 atom stereocenters. The molecule has 0 bridgehead atoms. The van der Waals surface area contributed by atoms with E-state index in [9.17, 15) is 9.59 Å². The largest absolute Gasteiger partial charge is 0.463 e. The molecule has 0 unspecified atom stereocenters. The van der Waals surface area contributed by atoms with Gasteiger partial charge in [0.2, 0.25) is 0 Å². The van der Waals surface area contributed by atoms with Gasteiger partial charge in [-0.2, -0.15) is 5.10 Å². The highest BCUT2D eigenvalue weighted by Gasteiger charge is 2.27. The third-order valence-corrected chi connectivity index (χ3v) is 5.19. The van der Waals surface area contributed by atoms with Gasteiger partial charge in [0.05, 0.1) is 6.26 Å². The highest BCUT2D eigenvalue weighted by molar-refractivity contribution is 5.95. The molecule has 1 fully saturated rings. The molecule has 1 saturated heterocycles. The lowest BCUT2D eigenvalue weighted by molar-refractivity contribution is 0.0532. The van der Waals surface area contributed by atoms with E-state index in [0.717, 1.165) is 5.56 Å². The first-order valence-electron chi connectivity index (χ1n) is 9.28. The Morgan fingerprint density at radius 1 is 0.964 bits per heavy atom. The number of amides is 2. The van der Waals surface area contributed by atoms with Crippen LogP contribution < -0.4 is 0 Å². The quantitative estimate of drug-likeness (QED) is 0.760. The van der Waals surface area contributed by atoms with Crippen LogP contribution in [-0.2, 0) is 0 Å². The van der Waals surface area contributed by atoms with Crippen molar-refractivity contribution in [2.75, 3.05) is 26.2 Å². The minimum Gasteiger partial charge on any atom is -0.463 e. The first-order valence-corrected chi connectivity index (χ1v) is 9.28. The van der Waals surface area contributed by atoms with E-state index in [1.54, 1.807) is 34.3 Å². The minimum atomic E-state index is -0.146. The fourth-order valence-corrected chi connectivity index (χ4v) is 3.32. The van der Waals surface area contributed by atoms with Crippen molar-refractivity contribution < 1.29 is 14.0 Å². The fraction of sp³-hybridized carbons (Fsp3) is 0.286. The van der Waals surface area contributed by atoms with Gasteiger partial charge in [-0.3, -0.25) is 14.7 Å². The average Bonchev–Trinajstić information content (AvgIpc) is 3.41. The summed E-state index contributed by atoms with van der Waals surface area (Å²) in [6, 6.07) is 11.0. The number of furan rings is 1. The molecule has 144 valence electrons. The number of nitrogens with one attached hydrogen (secondary N) is 1. The van der Waals surface area contributed by atoms with Gasteiger partial charge in [-0.05, 0) is 49.2 Å². The van der Waals surface area contributed by atoms with Crippen LogP contribution in [0.3, 0.4) is 0 Å². The van der Waals surface area contributed by atoms with Crippen molar-refractivity contribution in [3.05, 3.63) is 65.0 Å². The zero-order valence-electron chi connectivity index (χ0n) is 15.9. The van der Waals surface area contributed by atoms with E-state index in [4.69, 9.17) is 4.42 Å². The number of nitrogens with zero attached hydrogens (tertiary/aromatic N) is 3. The summed E-state index contributed by atoms with van der Waals surface area (Å²) in [7, 11) is 0. The molecule has 2 amide bonds. The van der Waals surface area contributed by atoms with Gasteiger partial charge in [0.15, 0.2) is 11.5 Å². The molecule has 0 spiro atoms. The number of carbonyl (C=O) groups excluding carboxylic acids is 2.